The lowest BCUT2D eigenvalue weighted by atomic mass is 10.1. The second kappa shape index (κ2) is 6.08. The average Bonchev–Trinajstić information content (AvgIpc) is 2.38. The van der Waals surface area contributed by atoms with Gasteiger partial charge in [0.25, 0.3) is 11.6 Å². The zero-order valence-electron chi connectivity index (χ0n) is 10.3. The molecule has 1 aliphatic rings. The van der Waals surface area contributed by atoms with E-state index in [4.69, 9.17) is 0 Å². The average molecular weight is 392 g/mol. The van der Waals surface area contributed by atoms with Gasteiger partial charge in [0.15, 0.2) is 0 Å². The van der Waals surface area contributed by atoms with Gasteiger partial charge in [-0.25, -0.2) is 0 Å². The van der Waals surface area contributed by atoms with Gasteiger partial charge in [0.1, 0.15) is 0 Å². The first-order valence-corrected chi connectivity index (χ1v) is 7.96. The lowest BCUT2D eigenvalue weighted by Crippen LogP contribution is -2.41. The fraction of sp³-hybridized carbons (Fsp3) is 0.417. The van der Waals surface area contributed by atoms with Crippen molar-refractivity contribution in [3.63, 3.8) is 0 Å². The molecule has 1 heterocycles. The zero-order chi connectivity index (χ0) is 14.0. The van der Waals surface area contributed by atoms with E-state index in [0.717, 1.165) is 9.32 Å². The molecule has 0 bridgehead atoms. The van der Waals surface area contributed by atoms with Crippen molar-refractivity contribution in [2.75, 3.05) is 18.8 Å². The van der Waals surface area contributed by atoms with Gasteiger partial charge >= 0.3 is 0 Å². The lowest BCUT2D eigenvalue weighted by molar-refractivity contribution is -0.384. The van der Waals surface area contributed by atoms with Crippen LogP contribution >= 0.6 is 34.4 Å². The molecular weight excluding hydrogens is 379 g/mol. The normalized spacial score (nSPS) is 19.3. The predicted octanol–water partition coefficient (Wildman–Crippen LogP) is 2.78. The van der Waals surface area contributed by atoms with Crippen LogP contribution in [0, 0.1) is 13.7 Å². The van der Waals surface area contributed by atoms with Crippen molar-refractivity contribution in [3.05, 3.63) is 37.4 Å². The third kappa shape index (κ3) is 3.38. The summed E-state index contributed by atoms with van der Waals surface area (Å²) < 4.78 is 0.749. The molecule has 1 fully saturated rings. The minimum absolute atomic E-state index is 0.0387. The van der Waals surface area contributed by atoms with Crippen molar-refractivity contribution in [2.45, 2.75) is 12.2 Å². The maximum Gasteiger partial charge on any atom is 0.270 e. The SMILES string of the molecule is CC1CN(C(=O)c2cc([N+](=O)[O-])ccc2I)CCS1. The first kappa shape index (κ1) is 14.6. The lowest BCUT2D eigenvalue weighted by Gasteiger charge is -2.30. The summed E-state index contributed by atoms with van der Waals surface area (Å²) in [6, 6.07) is 4.41. The van der Waals surface area contributed by atoms with Crippen LogP contribution in [0.5, 0.6) is 0 Å². The van der Waals surface area contributed by atoms with Crippen molar-refractivity contribution < 1.29 is 9.72 Å². The summed E-state index contributed by atoms with van der Waals surface area (Å²) in [5.74, 6) is 0.804. The van der Waals surface area contributed by atoms with E-state index in [2.05, 4.69) is 6.92 Å². The largest absolute Gasteiger partial charge is 0.337 e. The molecule has 1 aromatic carbocycles. The molecule has 0 radical (unpaired) electrons. The molecule has 0 spiro atoms. The molecule has 102 valence electrons. The maximum atomic E-state index is 12.4. The Hall–Kier alpha value is -0.830. The van der Waals surface area contributed by atoms with Crippen molar-refractivity contribution in [3.8, 4) is 0 Å². The molecule has 1 aliphatic heterocycles. The van der Waals surface area contributed by atoms with E-state index >= 15 is 0 Å². The number of nitro benzene ring substituents is 1. The number of amides is 1. The Labute approximate surface area is 129 Å². The Kier molecular flexibility index (Phi) is 4.67. The number of hydrogen-bond acceptors (Lipinski definition) is 4. The summed E-state index contributed by atoms with van der Waals surface area (Å²) in [6.45, 7) is 3.48. The summed E-state index contributed by atoms with van der Waals surface area (Å²) in [6.07, 6.45) is 0. The molecule has 1 unspecified atom stereocenters. The number of hydrogen-bond donors (Lipinski definition) is 0. The van der Waals surface area contributed by atoms with Gasteiger partial charge in [-0.3, -0.25) is 14.9 Å². The predicted molar refractivity (Wildman–Crippen MR) is 83.6 cm³/mol. The van der Waals surface area contributed by atoms with E-state index in [1.54, 1.807) is 11.0 Å². The molecule has 1 amide bonds. The Morgan fingerprint density at radius 1 is 1.58 bits per heavy atom. The first-order valence-electron chi connectivity index (χ1n) is 5.84. The molecule has 7 heteroatoms. The monoisotopic (exact) mass is 392 g/mol. The molecule has 0 saturated carbocycles. The number of nitrogens with zero attached hydrogens (tertiary/aromatic N) is 2. The number of rotatable bonds is 2. The molecule has 0 aromatic heterocycles. The fourth-order valence-corrected chi connectivity index (χ4v) is 3.54. The van der Waals surface area contributed by atoms with Crippen molar-refractivity contribution in [1.82, 2.24) is 4.90 Å². The number of benzene rings is 1. The summed E-state index contributed by atoms with van der Waals surface area (Å²) in [7, 11) is 0. The van der Waals surface area contributed by atoms with E-state index in [9.17, 15) is 14.9 Å². The van der Waals surface area contributed by atoms with Crippen LogP contribution in [-0.2, 0) is 0 Å². The van der Waals surface area contributed by atoms with E-state index in [-0.39, 0.29) is 11.6 Å². The molecular formula is C12H13IN2O3S. The third-order valence-electron chi connectivity index (χ3n) is 2.92. The van der Waals surface area contributed by atoms with Gasteiger partial charge < -0.3 is 4.90 Å². The molecule has 1 atom stereocenters. The van der Waals surface area contributed by atoms with Gasteiger partial charge in [0.2, 0.25) is 0 Å². The molecule has 1 aromatic rings. The standard InChI is InChI=1S/C12H13IN2O3S/c1-8-7-14(4-5-19-8)12(16)10-6-9(15(17)18)2-3-11(10)13/h2-3,6,8H,4-5,7H2,1H3. The summed E-state index contributed by atoms with van der Waals surface area (Å²) in [5, 5.41) is 11.2. The van der Waals surface area contributed by atoms with Gasteiger partial charge in [-0.15, -0.1) is 0 Å². The number of halogens is 1. The number of thioether (sulfide) groups is 1. The Bertz CT molecular complexity index is 524. The number of non-ortho nitro benzene ring substituents is 1. The van der Waals surface area contributed by atoms with Crippen LogP contribution in [0.2, 0.25) is 0 Å². The van der Waals surface area contributed by atoms with Crippen molar-refractivity contribution in [2.24, 2.45) is 0 Å². The van der Waals surface area contributed by atoms with E-state index in [0.29, 0.717) is 23.9 Å². The second-order valence-electron chi connectivity index (χ2n) is 4.35. The Morgan fingerprint density at radius 2 is 2.32 bits per heavy atom. The molecule has 0 N–H and O–H groups in total. The molecule has 2 rings (SSSR count). The summed E-state index contributed by atoms with van der Waals surface area (Å²) in [4.78, 5) is 24.5. The number of carbonyl (C=O) groups excluding carboxylic acids is 1. The summed E-state index contributed by atoms with van der Waals surface area (Å²) in [5.41, 5.74) is 0.386. The van der Waals surface area contributed by atoms with Crippen LogP contribution in [0.1, 0.15) is 17.3 Å². The van der Waals surface area contributed by atoms with Crippen molar-refractivity contribution >= 4 is 45.9 Å². The molecule has 19 heavy (non-hydrogen) atoms. The van der Waals surface area contributed by atoms with Crippen LogP contribution in [0.4, 0.5) is 5.69 Å². The highest BCUT2D eigenvalue weighted by molar-refractivity contribution is 14.1. The van der Waals surface area contributed by atoms with Gasteiger partial charge in [-0.1, -0.05) is 6.92 Å². The van der Waals surface area contributed by atoms with E-state index < -0.39 is 4.92 Å². The number of carbonyl (C=O) groups is 1. The minimum atomic E-state index is -0.471. The Balaban J connectivity index is 2.27. The summed E-state index contributed by atoms with van der Waals surface area (Å²) >= 11 is 3.88. The minimum Gasteiger partial charge on any atom is -0.337 e. The highest BCUT2D eigenvalue weighted by atomic mass is 127. The van der Waals surface area contributed by atoms with Gasteiger partial charge in [0, 0.05) is 39.8 Å². The topological polar surface area (TPSA) is 63.5 Å². The smallest absolute Gasteiger partial charge is 0.270 e. The van der Waals surface area contributed by atoms with Crippen LogP contribution in [0.3, 0.4) is 0 Å². The molecule has 1 saturated heterocycles. The zero-order valence-corrected chi connectivity index (χ0v) is 13.3. The number of nitro groups is 1. The van der Waals surface area contributed by atoms with Crippen molar-refractivity contribution in [1.29, 1.82) is 0 Å². The third-order valence-corrected chi connectivity index (χ3v) is 5.00. The van der Waals surface area contributed by atoms with Crippen LogP contribution in [-0.4, -0.2) is 39.8 Å². The van der Waals surface area contributed by atoms with E-state index in [1.807, 2.05) is 34.4 Å². The molecule has 5 nitrogen and oxygen atoms in total. The Morgan fingerprint density at radius 3 is 2.95 bits per heavy atom. The first-order chi connectivity index (χ1) is 8.99. The van der Waals surface area contributed by atoms with Gasteiger partial charge in [-0.2, -0.15) is 11.8 Å². The van der Waals surface area contributed by atoms with Gasteiger partial charge in [0.05, 0.1) is 10.5 Å². The highest BCUT2D eigenvalue weighted by Gasteiger charge is 2.25. The van der Waals surface area contributed by atoms with Crippen LogP contribution in [0.25, 0.3) is 0 Å². The quantitative estimate of drug-likeness (QED) is 0.441. The van der Waals surface area contributed by atoms with Crippen LogP contribution in [0.15, 0.2) is 18.2 Å². The fourth-order valence-electron chi connectivity index (χ4n) is 1.96. The highest BCUT2D eigenvalue weighted by Crippen LogP contribution is 2.24. The second-order valence-corrected chi connectivity index (χ2v) is 7.06. The maximum absolute atomic E-state index is 12.4. The van der Waals surface area contributed by atoms with Gasteiger partial charge in [-0.05, 0) is 28.7 Å². The van der Waals surface area contributed by atoms with E-state index in [1.165, 1.54) is 12.1 Å². The molecule has 0 aliphatic carbocycles. The van der Waals surface area contributed by atoms with Crippen LogP contribution < -0.4 is 0 Å².